The third-order valence-electron chi connectivity index (χ3n) is 6.68. The molecule has 1 N–H and O–H groups in total. The van der Waals surface area contributed by atoms with Crippen molar-refractivity contribution in [2.45, 2.75) is 52.4 Å². The molecule has 0 saturated carbocycles. The number of nitrogens with zero attached hydrogens (tertiary/aromatic N) is 5. The lowest BCUT2D eigenvalue weighted by molar-refractivity contribution is 0.184. The first kappa shape index (κ1) is 25.5. The molecule has 7 nitrogen and oxygen atoms in total. The molecule has 0 amide bonds. The molecule has 0 saturated heterocycles. The summed E-state index contributed by atoms with van der Waals surface area (Å²) in [5, 5.41) is 13.7. The number of aromatic nitrogens is 5. The molecular weight excluding hydrogens is 479 g/mol. The highest BCUT2D eigenvalue weighted by Crippen LogP contribution is 2.32. The summed E-state index contributed by atoms with van der Waals surface area (Å²) in [5.41, 5.74) is 3.71. The summed E-state index contributed by atoms with van der Waals surface area (Å²) < 4.78 is 15.5. The van der Waals surface area contributed by atoms with Crippen molar-refractivity contribution in [1.29, 1.82) is 0 Å². The van der Waals surface area contributed by atoms with Crippen molar-refractivity contribution in [2.24, 2.45) is 0 Å². The Kier molecular flexibility index (Phi) is 6.91. The van der Waals surface area contributed by atoms with Crippen molar-refractivity contribution < 1.29 is 4.39 Å². The molecule has 194 valence electrons. The monoisotopic (exact) mass is 510 g/mol. The SMILES string of the molecule is Cc1cccc2cc(C(c3nnnn3C(C)(C)C)N(Cc3ccccc3)Cc3ccc(F)cc3)c(=O)[nH]c12. The van der Waals surface area contributed by atoms with E-state index in [1.54, 1.807) is 16.8 Å². The van der Waals surface area contributed by atoms with Crippen molar-refractivity contribution in [3.05, 3.63) is 123 Å². The smallest absolute Gasteiger partial charge is 0.253 e. The number of aryl methyl sites for hydroxylation is 1. The summed E-state index contributed by atoms with van der Waals surface area (Å²) in [6.07, 6.45) is 0. The van der Waals surface area contributed by atoms with Crippen LogP contribution >= 0.6 is 0 Å². The number of fused-ring (bicyclic) bond motifs is 1. The molecule has 0 aliphatic rings. The Morgan fingerprint density at radius 2 is 1.63 bits per heavy atom. The minimum Gasteiger partial charge on any atom is -0.321 e. The normalized spacial score (nSPS) is 12.8. The van der Waals surface area contributed by atoms with Gasteiger partial charge in [-0.3, -0.25) is 9.69 Å². The van der Waals surface area contributed by atoms with E-state index < -0.39 is 11.6 Å². The van der Waals surface area contributed by atoms with E-state index in [0.717, 1.165) is 27.6 Å². The molecule has 3 aromatic carbocycles. The summed E-state index contributed by atoms with van der Waals surface area (Å²) in [4.78, 5) is 19.0. The summed E-state index contributed by atoms with van der Waals surface area (Å²) in [6.45, 7) is 9.03. The summed E-state index contributed by atoms with van der Waals surface area (Å²) in [6, 6.07) is 23.8. The highest BCUT2D eigenvalue weighted by atomic mass is 19.1. The molecule has 0 bridgehead atoms. The van der Waals surface area contributed by atoms with E-state index in [0.29, 0.717) is 24.5 Å². The maximum Gasteiger partial charge on any atom is 0.253 e. The quantitative estimate of drug-likeness (QED) is 0.312. The average Bonchev–Trinajstić information content (AvgIpc) is 3.37. The first-order valence-corrected chi connectivity index (χ1v) is 12.6. The molecule has 1 unspecified atom stereocenters. The van der Waals surface area contributed by atoms with E-state index in [2.05, 4.69) is 37.5 Å². The number of benzene rings is 3. The summed E-state index contributed by atoms with van der Waals surface area (Å²) in [5.74, 6) is 0.269. The van der Waals surface area contributed by atoms with Crippen molar-refractivity contribution in [2.75, 3.05) is 0 Å². The fourth-order valence-electron chi connectivity index (χ4n) is 4.83. The second-order valence-corrected chi connectivity index (χ2v) is 10.6. The van der Waals surface area contributed by atoms with Crippen LogP contribution < -0.4 is 5.56 Å². The Hall–Kier alpha value is -4.17. The van der Waals surface area contributed by atoms with Gasteiger partial charge in [0.25, 0.3) is 5.56 Å². The first-order chi connectivity index (χ1) is 18.2. The molecule has 5 aromatic rings. The number of para-hydroxylation sites is 1. The highest BCUT2D eigenvalue weighted by molar-refractivity contribution is 5.82. The van der Waals surface area contributed by atoms with E-state index >= 15 is 0 Å². The van der Waals surface area contributed by atoms with E-state index in [1.165, 1.54) is 12.1 Å². The lowest BCUT2D eigenvalue weighted by atomic mass is 9.99. The van der Waals surface area contributed by atoms with Gasteiger partial charge in [-0.15, -0.1) is 5.10 Å². The van der Waals surface area contributed by atoms with Crippen LogP contribution in [-0.2, 0) is 18.6 Å². The molecule has 0 fully saturated rings. The predicted molar refractivity (Wildman–Crippen MR) is 146 cm³/mol. The van der Waals surface area contributed by atoms with Crippen molar-refractivity contribution in [3.8, 4) is 0 Å². The number of hydrogen-bond donors (Lipinski definition) is 1. The molecule has 38 heavy (non-hydrogen) atoms. The minimum absolute atomic E-state index is 0.197. The number of tetrazole rings is 1. The fourth-order valence-corrected chi connectivity index (χ4v) is 4.83. The topological polar surface area (TPSA) is 79.7 Å². The van der Waals surface area contributed by atoms with Crippen LogP contribution in [0.3, 0.4) is 0 Å². The molecule has 2 aromatic heterocycles. The number of H-pyrrole nitrogens is 1. The zero-order valence-electron chi connectivity index (χ0n) is 22.0. The highest BCUT2D eigenvalue weighted by Gasteiger charge is 2.33. The molecule has 2 heterocycles. The average molecular weight is 511 g/mol. The zero-order chi connectivity index (χ0) is 26.9. The number of pyridine rings is 1. The van der Waals surface area contributed by atoms with Crippen LogP contribution in [0.4, 0.5) is 4.39 Å². The van der Waals surface area contributed by atoms with Crippen LogP contribution in [0.2, 0.25) is 0 Å². The second-order valence-electron chi connectivity index (χ2n) is 10.6. The van der Waals surface area contributed by atoms with Crippen molar-refractivity contribution in [3.63, 3.8) is 0 Å². The molecule has 8 heteroatoms. The molecule has 5 rings (SSSR count). The Labute approximate surface area is 220 Å². The lowest BCUT2D eigenvalue weighted by Crippen LogP contribution is -2.37. The van der Waals surface area contributed by atoms with Gasteiger partial charge in [0.1, 0.15) is 11.9 Å². The van der Waals surface area contributed by atoms with E-state index in [-0.39, 0.29) is 11.4 Å². The third kappa shape index (κ3) is 5.26. The zero-order valence-corrected chi connectivity index (χ0v) is 22.0. The van der Waals surface area contributed by atoms with Gasteiger partial charge in [-0.1, -0.05) is 60.7 Å². The Morgan fingerprint density at radius 1 is 0.947 bits per heavy atom. The van der Waals surface area contributed by atoms with Gasteiger partial charge in [0, 0.05) is 18.7 Å². The Balaban J connectivity index is 1.73. The number of halogens is 1. The minimum atomic E-state index is -0.580. The van der Waals surface area contributed by atoms with Crippen molar-refractivity contribution >= 4 is 10.9 Å². The fraction of sp³-hybridized carbons (Fsp3) is 0.267. The lowest BCUT2D eigenvalue weighted by Gasteiger charge is -2.33. The first-order valence-electron chi connectivity index (χ1n) is 12.6. The molecule has 0 aliphatic carbocycles. The largest absolute Gasteiger partial charge is 0.321 e. The van der Waals surface area contributed by atoms with Gasteiger partial charge >= 0.3 is 0 Å². The maximum atomic E-state index is 13.7. The van der Waals surface area contributed by atoms with E-state index in [4.69, 9.17) is 0 Å². The molecule has 0 radical (unpaired) electrons. The number of hydrogen-bond acceptors (Lipinski definition) is 5. The molecule has 0 spiro atoms. The number of aromatic amines is 1. The number of nitrogens with one attached hydrogen (secondary N) is 1. The van der Waals surface area contributed by atoms with E-state index in [1.807, 2.05) is 70.2 Å². The standard InChI is InChI=1S/C30H31FN6O/c1-20-9-8-12-23-17-25(29(38)32-26(20)23)27(28-33-34-35-37(28)30(2,3)4)36(18-21-10-6-5-7-11-21)19-22-13-15-24(31)16-14-22/h5-17,27H,18-19H2,1-4H3,(H,32,38). The number of rotatable bonds is 7. The van der Waals surface area contributed by atoms with Crippen LogP contribution in [0.1, 0.15) is 54.9 Å². The van der Waals surface area contributed by atoms with Crippen molar-refractivity contribution in [1.82, 2.24) is 30.1 Å². The van der Waals surface area contributed by atoms with Gasteiger partial charge < -0.3 is 4.98 Å². The maximum absolute atomic E-state index is 13.7. The van der Waals surface area contributed by atoms with Gasteiger partial charge in [0.05, 0.1) is 11.1 Å². The van der Waals surface area contributed by atoms with Crippen LogP contribution in [-0.4, -0.2) is 30.1 Å². The van der Waals surface area contributed by atoms with Crippen LogP contribution in [0.5, 0.6) is 0 Å². The Bertz CT molecular complexity index is 1600. The van der Waals surface area contributed by atoms with Gasteiger partial charge in [0.15, 0.2) is 5.82 Å². The van der Waals surface area contributed by atoms with Gasteiger partial charge in [-0.25, -0.2) is 9.07 Å². The molecule has 1 atom stereocenters. The Morgan fingerprint density at radius 3 is 2.32 bits per heavy atom. The molecule has 0 aliphatic heterocycles. The van der Waals surface area contributed by atoms with Crippen LogP contribution in [0.15, 0.2) is 83.7 Å². The van der Waals surface area contributed by atoms with Crippen LogP contribution in [0.25, 0.3) is 10.9 Å². The van der Waals surface area contributed by atoms with Gasteiger partial charge in [0.2, 0.25) is 0 Å². The second kappa shape index (κ2) is 10.3. The predicted octanol–water partition coefficient (Wildman–Crippen LogP) is 5.51. The third-order valence-corrected chi connectivity index (χ3v) is 6.68. The van der Waals surface area contributed by atoms with Gasteiger partial charge in [-0.05, 0) is 78.4 Å². The van der Waals surface area contributed by atoms with E-state index in [9.17, 15) is 9.18 Å². The van der Waals surface area contributed by atoms with Gasteiger partial charge in [-0.2, -0.15) is 0 Å². The molecular formula is C30H31FN6O. The summed E-state index contributed by atoms with van der Waals surface area (Å²) >= 11 is 0. The van der Waals surface area contributed by atoms with Crippen LogP contribution in [0, 0.1) is 12.7 Å². The summed E-state index contributed by atoms with van der Waals surface area (Å²) in [7, 11) is 0.